The Labute approximate surface area is 183 Å². The Morgan fingerprint density at radius 3 is 2.35 bits per heavy atom. The number of benzene rings is 1. The van der Waals surface area contributed by atoms with Gasteiger partial charge in [-0.3, -0.25) is 14.5 Å². The molecule has 2 saturated heterocycles. The van der Waals surface area contributed by atoms with Gasteiger partial charge in [0, 0.05) is 46.3 Å². The summed E-state index contributed by atoms with van der Waals surface area (Å²) in [6, 6.07) is 7.13. The van der Waals surface area contributed by atoms with Gasteiger partial charge >= 0.3 is 6.03 Å². The topological polar surface area (TPSA) is 105 Å². The van der Waals surface area contributed by atoms with Crippen LogP contribution in [0.25, 0.3) is 0 Å². The Morgan fingerprint density at radius 1 is 1.10 bits per heavy atom. The largest absolute Gasteiger partial charge is 0.497 e. The number of nitrogens with zero attached hydrogens (tertiary/aromatic N) is 3. The Kier molecular flexibility index (Phi) is 7.50. The zero-order chi connectivity index (χ0) is 22.4. The van der Waals surface area contributed by atoms with Gasteiger partial charge in [0.05, 0.1) is 13.7 Å². The minimum Gasteiger partial charge on any atom is -0.497 e. The van der Waals surface area contributed by atoms with Crippen molar-refractivity contribution >= 4 is 17.8 Å². The molecule has 0 saturated carbocycles. The van der Waals surface area contributed by atoms with Crippen LogP contribution >= 0.6 is 0 Å². The smallest absolute Gasteiger partial charge is 0.327 e. The minimum absolute atomic E-state index is 0.139. The molecule has 1 spiro atoms. The van der Waals surface area contributed by atoms with Crippen molar-refractivity contribution in [1.29, 1.82) is 0 Å². The molecule has 2 N–H and O–H groups in total. The Bertz CT molecular complexity index is 790. The predicted octanol–water partition coefficient (Wildman–Crippen LogP) is 1.21. The number of nitrogens with two attached hydrogens (primary N) is 1. The number of hydrogen-bond acceptors (Lipinski definition) is 6. The second kappa shape index (κ2) is 10.1. The van der Waals surface area contributed by atoms with Gasteiger partial charge in [-0.25, -0.2) is 4.79 Å². The van der Waals surface area contributed by atoms with Crippen molar-refractivity contribution in [1.82, 2.24) is 14.7 Å². The molecule has 9 nitrogen and oxygen atoms in total. The van der Waals surface area contributed by atoms with Gasteiger partial charge in [0.25, 0.3) is 5.91 Å². The third kappa shape index (κ3) is 4.99. The highest BCUT2D eigenvalue weighted by Gasteiger charge is 2.57. The number of imide groups is 1. The molecule has 31 heavy (non-hydrogen) atoms. The number of piperidine rings is 1. The van der Waals surface area contributed by atoms with Crippen molar-refractivity contribution < 1.29 is 23.9 Å². The zero-order valence-corrected chi connectivity index (χ0v) is 18.3. The summed E-state index contributed by atoms with van der Waals surface area (Å²) in [5.74, 6) is 0.253. The van der Waals surface area contributed by atoms with Crippen molar-refractivity contribution in [2.75, 3.05) is 47.0 Å². The van der Waals surface area contributed by atoms with Crippen molar-refractivity contribution in [3.8, 4) is 5.75 Å². The van der Waals surface area contributed by atoms with E-state index in [1.54, 1.807) is 19.1 Å². The molecule has 4 amide bonds. The minimum atomic E-state index is -0.833. The molecule has 2 heterocycles. The molecule has 0 bridgehead atoms. The number of hydrogen-bond donors (Lipinski definition) is 1. The number of carbonyl (C=O) groups excluding carboxylic acids is 3. The number of ether oxygens (including phenoxy) is 2. The third-order valence-electron chi connectivity index (χ3n) is 6.21. The van der Waals surface area contributed by atoms with Crippen molar-refractivity contribution in [2.45, 2.75) is 37.8 Å². The van der Waals surface area contributed by atoms with E-state index in [2.05, 4.69) is 4.90 Å². The van der Waals surface area contributed by atoms with Gasteiger partial charge < -0.3 is 25.0 Å². The molecule has 2 fully saturated rings. The van der Waals surface area contributed by atoms with Gasteiger partial charge in [-0.2, -0.15) is 0 Å². The molecule has 0 unspecified atom stereocenters. The Balaban J connectivity index is 1.76. The molecule has 170 valence electrons. The van der Waals surface area contributed by atoms with Crippen LogP contribution in [0.2, 0.25) is 0 Å². The summed E-state index contributed by atoms with van der Waals surface area (Å²) in [7, 11) is 3.22. The van der Waals surface area contributed by atoms with Crippen LogP contribution in [-0.2, 0) is 20.9 Å². The lowest BCUT2D eigenvalue weighted by atomic mass is 9.85. The van der Waals surface area contributed by atoms with E-state index < -0.39 is 5.54 Å². The van der Waals surface area contributed by atoms with E-state index in [1.165, 1.54) is 4.90 Å². The fourth-order valence-electron chi connectivity index (χ4n) is 4.41. The average Bonchev–Trinajstić information content (AvgIpc) is 2.96. The summed E-state index contributed by atoms with van der Waals surface area (Å²) >= 11 is 0. The SMILES string of the molecule is COCCCN1C(=O)N(Cc2ccc(OC)cc2)C(=O)C12CCN(CCC(N)=O)CC2. The van der Waals surface area contributed by atoms with Crippen molar-refractivity contribution in [3.63, 3.8) is 0 Å². The maximum Gasteiger partial charge on any atom is 0.327 e. The summed E-state index contributed by atoms with van der Waals surface area (Å²) in [4.78, 5) is 43.2. The van der Waals surface area contributed by atoms with Gasteiger partial charge in [0.1, 0.15) is 11.3 Å². The quantitative estimate of drug-likeness (QED) is 0.440. The zero-order valence-electron chi connectivity index (χ0n) is 18.3. The van der Waals surface area contributed by atoms with Crippen LogP contribution in [0.3, 0.4) is 0 Å². The van der Waals surface area contributed by atoms with Gasteiger partial charge in [-0.15, -0.1) is 0 Å². The van der Waals surface area contributed by atoms with E-state index in [0.29, 0.717) is 58.5 Å². The lowest BCUT2D eigenvalue weighted by molar-refractivity contribution is -0.136. The van der Waals surface area contributed by atoms with E-state index in [0.717, 1.165) is 11.3 Å². The summed E-state index contributed by atoms with van der Waals surface area (Å²) in [5, 5.41) is 0. The maximum absolute atomic E-state index is 13.6. The molecular weight excluding hydrogens is 400 g/mol. The fourth-order valence-corrected chi connectivity index (χ4v) is 4.41. The number of likely N-dealkylation sites (tertiary alicyclic amines) is 1. The van der Waals surface area contributed by atoms with Crippen LogP contribution in [0, 0.1) is 0 Å². The molecule has 1 aromatic rings. The van der Waals surface area contributed by atoms with Crippen molar-refractivity contribution in [3.05, 3.63) is 29.8 Å². The van der Waals surface area contributed by atoms with E-state index in [9.17, 15) is 14.4 Å². The highest BCUT2D eigenvalue weighted by Crippen LogP contribution is 2.38. The molecular formula is C22H32N4O5. The summed E-state index contributed by atoms with van der Waals surface area (Å²) in [6.45, 7) is 3.09. The van der Waals surface area contributed by atoms with Gasteiger partial charge in [0.15, 0.2) is 0 Å². The van der Waals surface area contributed by atoms with E-state index in [1.807, 2.05) is 24.3 Å². The predicted molar refractivity (Wildman–Crippen MR) is 114 cm³/mol. The molecule has 3 rings (SSSR count). The highest BCUT2D eigenvalue weighted by atomic mass is 16.5. The first-order valence-electron chi connectivity index (χ1n) is 10.7. The first-order valence-corrected chi connectivity index (χ1v) is 10.7. The second-order valence-corrected chi connectivity index (χ2v) is 8.11. The lowest BCUT2D eigenvalue weighted by Gasteiger charge is -2.42. The van der Waals surface area contributed by atoms with E-state index >= 15 is 0 Å². The average molecular weight is 433 g/mol. The first-order chi connectivity index (χ1) is 14.9. The lowest BCUT2D eigenvalue weighted by Crippen LogP contribution is -2.57. The molecule has 2 aliphatic rings. The number of urea groups is 1. The third-order valence-corrected chi connectivity index (χ3v) is 6.21. The number of primary amides is 1. The van der Waals surface area contributed by atoms with Crippen LogP contribution in [0.1, 0.15) is 31.2 Å². The van der Waals surface area contributed by atoms with Crippen LogP contribution in [-0.4, -0.2) is 85.1 Å². The number of methoxy groups -OCH3 is 2. The molecule has 2 aliphatic heterocycles. The Hall–Kier alpha value is -2.65. The molecule has 0 aliphatic carbocycles. The summed E-state index contributed by atoms with van der Waals surface area (Å²) in [6.07, 6.45) is 2.05. The maximum atomic E-state index is 13.6. The molecule has 9 heteroatoms. The van der Waals surface area contributed by atoms with Gasteiger partial charge in [-0.1, -0.05) is 12.1 Å². The summed E-state index contributed by atoms with van der Waals surface area (Å²) in [5.41, 5.74) is 5.30. The normalized spacial score (nSPS) is 18.8. The van der Waals surface area contributed by atoms with E-state index in [-0.39, 0.29) is 24.4 Å². The van der Waals surface area contributed by atoms with Crippen LogP contribution < -0.4 is 10.5 Å². The number of amides is 4. The molecule has 0 radical (unpaired) electrons. The van der Waals surface area contributed by atoms with Crippen LogP contribution in [0.5, 0.6) is 5.75 Å². The van der Waals surface area contributed by atoms with Crippen LogP contribution in [0.15, 0.2) is 24.3 Å². The highest BCUT2D eigenvalue weighted by molar-refractivity contribution is 6.07. The van der Waals surface area contributed by atoms with Crippen molar-refractivity contribution in [2.24, 2.45) is 5.73 Å². The standard InChI is InChI=1S/C22H32N4O5/c1-30-15-3-11-26-21(29)25(16-17-4-6-18(31-2)7-5-17)20(28)22(26)9-13-24(14-10-22)12-8-19(23)27/h4-7H,3,8-16H2,1-2H3,(H2,23,27). The monoisotopic (exact) mass is 432 g/mol. The fraction of sp³-hybridized carbons (Fsp3) is 0.591. The molecule has 1 aromatic carbocycles. The number of carbonyl (C=O) groups is 3. The molecule has 0 aromatic heterocycles. The first kappa shape index (κ1) is 23.0. The Morgan fingerprint density at radius 2 is 1.77 bits per heavy atom. The summed E-state index contributed by atoms with van der Waals surface area (Å²) < 4.78 is 10.3. The second-order valence-electron chi connectivity index (χ2n) is 8.11. The van der Waals surface area contributed by atoms with Gasteiger partial charge in [-0.05, 0) is 37.0 Å². The van der Waals surface area contributed by atoms with Crippen LogP contribution in [0.4, 0.5) is 4.79 Å². The number of rotatable bonds is 10. The van der Waals surface area contributed by atoms with Gasteiger partial charge in [0.2, 0.25) is 5.91 Å². The molecule has 0 atom stereocenters. The van der Waals surface area contributed by atoms with E-state index in [4.69, 9.17) is 15.2 Å².